The number of hydrogen-bond acceptors (Lipinski definition) is 4. The molecule has 6 nitrogen and oxygen atoms in total. The third-order valence-corrected chi connectivity index (χ3v) is 4.67. The van der Waals surface area contributed by atoms with Gasteiger partial charge in [-0.05, 0) is 30.7 Å². The number of imidazole rings is 1. The highest BCUT2D eigenvalue weighted by Gasteiger charge is 2.26. The van der Waals surface area contributed by atoms with Crippen LogP contribution in [-0.2, 0) is 4.79 Å². The summed E-state index contributed by atoms with van der Waals surface area (Å²) in [5.41, 5.74) is 2.29. The van der Waals surface area contributed by atoms with Crippen LogP contribution in [0.5, 0.6) is 11.5 Å². The Labute approximate surface area is 158 Å². The lowest BCUT2D eigenvalue weighted by Gasteiger charge is -2.19. The summed E-state index contributed by atoms with van der Waals surface area (Å²) in [7, 11) is 3.17. The number of aliphatic carboxylic acids is 1. The zero-order chi connectivity index (χ0) is 19.4. The van der Waals surface area contributed by atoms with Crippen molar-refractivity contribution < 1.29 is 19.4 Å². The second kappa shape index (κ2) is 8.12. The summed E-state index contributed by atoms with van der Waals surface area (Å²) in [4.78, 5) is 16.8. The first-order valence-electron chi connectivity index (χ1n) is 9.02. The van der Waals surface area contributed by atoms with E-state index >= 15 is 0 Å². The SMILES string of the molecule is CCCCC(C(=O)O)n1c(-c2ccc(OC)cc2OC)nc2ccccc21. The fourth-order valence-corrected chi connectivity index (χ4v) is 3.29. The van der Waals surface area contributed by atoms with Crippen LogP contribution in [0.25, 0.3) is 22.4 Å². The molecule has 0 aliphatic heterocycles. The maximum Gasteiger partial charge on any atom is 0.326 e. The Bertz CT molecular complexity index is 949. The van der Waals surface area contributed by atoms with Gasteiger partial charge in [0.2, 0.25) is 0 Å². The van der Waals surface area contributed by atoms with Crippen molar-refractivity contribution in [2.75, 3.05) is 14.2 Å². The topological polar surface area (TPSA) is 73.6 Å². The number of carboxylic acids is 1. The molecule has 0 amide bonds. The van der Waals surface area contributed by atoms with E-state index in [2.05, 4.69) is 6.92 Å². The van der Waals surface area contributed by atoms with E-state index < -0.39 is 12.0 Å². The minimum absolute atomic E-state index is 0.539. The summed E-state index contributed by atoms with van der Waals surface area (Å²) in [6.07, 6.45) is 2.29. The second-order valence-corrected chi connectivity index (χ2v) is 6.36. The van der Waals surface area contributed by atoms with Crippen LogP contribution in [0.1, 0.15) is 32.2 Å². The van der Waals surface area contributed by atoms with E-state index in [0.29, 0.717) is 23.7 Å². The predicted octanol–water partition coefficient (Wildman–Crippen LogP) is 4.54. The summed E-state index contributed by atoms with van der Waals surface area (Å²) in [5, 5.41) is 9.91. The molecule has 3 rings (SSSR count). The van der Waals surface area contributed by atoms with E-state index in [9.17, 15) is 9.90 Å². The van der Waals surface area contributed by atoms with Crippen molar-refractivity contribution in [3.8, 4) is 22.9 Å². The predicted molar refractivity (Wildman–Crippen MR) is 104 cm³/mol. The third kappa shape index (κ3) is 3.60. The largest absolute Gasteiger partial charge is 0.497 e. The van der Waals surface area contributed by atoms with E-state index in [-0.39, 0.29) is 0 Å². The molecule has 1 aromatic heterocycles. The maximum atomic E-state index is 12.1. The van der Waals surface area contributed by atoms with Crippen molar-refractivity contribution in [2.45, 2.75) is 32.2 Å². The molecule has 0 spiro atoms. The first-order valence-corrected chi connectivity index (χ1v) is 9.02. The Balaban J connectivity index is 2.26. The van der Waals surface area contributed by atoms with Gasteiger partial charge in [-0.15, -0.1) is 0 Å². The highest BCUT2D eigenvalue weighted by Crippen LogP contribution is 2.37. The molecule has 1 heterocycles. The van der Waals surface area contributed by atoms with Gasteiger partial charge in [-0.1, -0.05) is 31.9 Å². The number of benzene rings is 2. The number of methoxy groups -OCH3 is 2. The van der Waals surface area contributed by atoms with Crippen LogP contribution in [0.4, 0.5) is 0 Å². The van der Waals surface area contributed by atoms with E-state index in [1.807, 2.05) is 41.0 Å². The van der Waals surface area contributed by atoms with Crippen molar-refractivity contribution in [3.63, 3.8) is 0 Å². The Morgan fingerprint density at radius 1 is 1.19 bits per heavy atom. The number of nitrogens with zero attached hydrogens (tertiary/aromatic N) is 2. The molecule has 3 aromatic rings. The molecule has 1 unspecified atom stereocenters. The van der Waals surface area contributed by atoms with Gasteiger partial charge in [-0.3, -0.25) is 0 Å². The van der Waals surface area contributed by atoms with Crippen LogP contribution in [0, 0.1) is 0 Å². The molecular weight excluding hydrogens is 344 g/mol. The van der Waals surface area contributed by atoms with Crippen LogP contribution in [0.2, 0.25) is 0 Å². The monoisotopic (exact) mass is 368 g/mol. The van der Waals surface area contributed by atoms with E-state index in [0.717, 1.165) is 29.4 Å². The number of carboxylic acid groups (broad SMARTS) is 1. The molecule has 1 atom stereocenters. The molecule has 0 aliphatic carbocycles. The molecular formula is C21H24N2O4. The lowest BCUT2D eigenvalue weighted by Crippen LogP contribution is -2.20. The van der Waals surface area contributed by atoms with E-state index in [1.165, 1.54) is 0 Å². The average molecular weight is 368 g/mol. The van der Waals surface area contributed by atoms with Crippen molar-refractivity contribution in [1.82, 2.24) is 9.55 Å². The van der Waals surface area contributed by atoms with E-state index in [4.69, 9.17) is 14.5 Å². The fraction of sp³-hybridized carbons (Fsp3) is 0.333. The number of rotatable bonds is 8. The molecule has 0 aliphatic rings. The Hall–Kier alpha value is -3.02. The summed E-state index contributed by atoms with van der Waals surface area (Å²) < 4.78 is 12.6. The van der Waals surface area contributed by atoms with Gasteiger partial charge < -0.3 is 19.1 Å². The standard InChI is InChI=1S/C21H24N2O4/c1-4-5-9-18(21(24)25)23-17-10-7-6-8-16(17)22-20(23)15-12-11-14(26-2)13-19(15)27-3/h6-8,10-13,18H,4-5,9H2,1-3H3,(H,24,25). The molecule has 0 fully saturated rings. The van der Waals surface area contributed by atoms with Gasteiger partial charge in [-0.25, -0.2) is 9.78 Å². The Kier molecular flexibility index (Phi) is 5.64. The molecule has 2 aromatic carbocycles. The highest BCUT2D eigenvalue weighted by atomic mass is 16.5. The van der Waals surface area contributed by atoms with Crippen LogP contribution in [0.3, 0.4) is 0 Å². The number of carbonyl (C=O) groups is 1. The normalized spacial score (nSPS) is 12.1. The molecule has 27 heavy (non-hydrogen) atoms. The minimum atomic E-state index is -0.861. The van der Waals surface area contributed by atoms with Crippen molar-refractivity contribution in [3.05, 3.63) is 42.5 Å². The summed E-state index contributed by atoms with van der Waals surface area (Å²) in [5.74, 6) is 0.976. The number of fused-ring (bicyclic) bond motifs is 1. The summed E-state index contributed by atoms with van der Waals surface area (Å²) >= 11 is 0. The molecule has 142 valence electrons. The van der Waals surface area contributed by atoms with Crippen LogP contribution < -0.4 is 9.47 Å². The maximum absolute atomic E-state index is 12.1. The van der Waals surface area contributed by atoms with Gasteiger partial charge in [0.15, 0.2) is 0 Å². The van der Waals surface area contributed by atoms with Crippen molar-refractivity contribution in [2.24, 2.45) is 0 Å². The highest BCUT2D eigenvalue weighted by molar-refractivity contribution is 5.85. The number of hydrogen-bond donors (Lipinski definition) is 1. The van der Waals surface area contributed by atoms with Gasteiger partial charge in [0, 0.05) is 6.07 Å². The number of para-hydroxylation sites is 2. The van der Waals surface area contributed by atoms with E-state index in [1.54, 1.807) is 20.3 Å². The smallest absolute Gasteiger partial charge is 0.326 e. The van der Waals surface area contributed by atoms with Crippen LogP contribution in [0.15, 0.2) is 42.5 Å². The average Bonchev–Trinajstić information content (AvgIpc) is 3.06. The Morgan fingerprint density at radius 3 is 2.63 bits per heavy atom. The Morgan fingerprint density at radius 2 is 1.96 bits per heavy atom. The molecule has 0 bridgehead atoms. The molecule has 1 N–H and O–H groups in total. The van der Waals surface area contributed by atoms with Gasteiger partial charge in [0.05, 0.1) is 30.8 Å². The van der Waals surface area contributed by atoms with Crippen molar-refractivity contribution >= 4 is 17.0 Å². The number of unbranched alkanes of at least 4 members (excludes halogenated alkanes) is 1. The zero-order valence-electron chi connectivity index (χ0n) is 15.8. The quantitative estimate of drug-likeness (QED) is 0.632. The zero-order valence-corrected chi connectivity index (χ0v) is 15.8. The number of aromatic nitrogens is 2. The molecule has 6 heteroatoms. The van der Waals surface area contributed by atoms with Gasteiger partial charge in [-0.2, -0.15) is 0 Å². The lowest BCUT2D eigenvalue weighted by molar-refractivity contribution is -0.141. The first-order chi connectivity index (χ1) is 13.1. The van der Waals surface area contributed by atoms with Gasteiger partial charge >= 0.3 is 5.97 Å². The summed E-state index contributed by atoms with van der Waals surface area (Å²) in [6.45, 7) is 2.05. The fourth-order valence-electron chi connectivity index (χ4n) is 3.29. The van der Waals surface area contributed by atoms with Gasteiger partial charge in [0.1, 0.15) is 23.4 Å². The molecule has 0 saturated carbocycles. The van der Waals surface area contributed by atoms with Gasteiger partial charge in [0.25, 0.3) is 0 Å². The van der Waals surface area contributed by atoms with Crippen LogP contribution in [-0.4, -0.2) is 34.8 Å². The summed E-state index contributed by atoms with van der Waals surface area (Å²) in [6, 6.07) is 12.4. The third-order valence-electron chi connectivity index (χ3n) is 4.67. The lowest BCUT2D eigenvalue weighted by atomic mass is 10.1. The number of ether oxygens (including phenoxy) is 2. The van der Waals surface area contributed by atoms with Crippen LogP contribution >= 0.6 is 0 Å². The van der Waals surface area contributed by atoms with Crippen molar-refractivity contribution in [1.29, 1.82) is 0 Å². The molecule has 0 radical (unpaired) electrons. The molecule has 0 saturated heterocycles. The first kappa shape index (κ1) is 18.8. The second-order valence-electron chi connectivity index (χ2n) is 6.36. The minimum Gasteiger partial charge on any atom is -0.497 e.